The number of aliphatic hydroxyl groups is 1. The van der Waals surface area contributed by atoms with Crippen LogP contribution in [0.4, 0.5) is 9.18 Å². The van der Waals surface area contributed by atoms with Crippen LogP contribution >= 0.6 is 0 Å². The second-order valence-electron chi connectivity index (χ2n) is 3.12. The van der Waals surface area contributed by atoms with Crippen LogP contribution in [0.5, 0.6) is 0 Å². The number of amides is 1. The number of hydrogen-bond donors (Lipinski definition) is 2. The number of alkyl halides is 1. The molecule has 0 aliphatic carbocycles. The van der Waals surface area contributed by atoms with Gasteiger partial charge in [-0.3, -0.25) is 0 Å². The molecular weight excluding hydrogens is 165 g/mol. The van der Waals surface area contributed by atoms with Crippen molar-refractivity contribution in [1.82, 2.24) is 4.90 Å². The third-order valence-corrected chi connectivity index (χ3v) is 2.08. The van der Waals surface area contributed by atoms with Gasteiger partial charge < -0.3 is 15.1 Å². The van der Waals surface area contributed by atoms with Crippen LogP contribution in [0.2, 0.25) is 0 Å². The van der Waals surface area contributed by atoms with Gasteiger partial charge in [0.25, 0.3) is 0 Å². The summed E-state index contributed by atoms with van der Waals surface area (Å²) in [5.74, 6) is 0. The predicted octanol–water partition coefficient (Wildman–Crippen LogP) is 0.461. The van der Waals surface area contributed by atoms with Gasteiger partial charge in [-0.25, -0.2) is 9.18 Å². The summed E-state index contributed by atoms with van der Waals surface area (Å²) in [5, 5.41) is 17.2. The standard InChI is InChI=1S/C7H12FNO3/c8-7(5-10)2-1-3-9(4-7)6(11)12/h10H,1-5H2,(H,11,12)/t7-/m1/s1. The van der Waals surface area contributed by atoms with E-state index in [9.17, 15) is 9.18 Å². The fourth-order valence-corrected chi connectivity index (χ4v) is 1.38. The number of piperidine rings is 1. The van der Waals surface area contributed by atoms with Gasteiger partial charge in [-0.1, -0.05) is 0 Å². The maximum Gasteiger partial charge on any atom is 0.407 e. The molecule has 0 spiro atoms. The normalized spacial score (nSPS) is 30.3. The minimum absolute atomic E-state index is 0.209. The van der Waals surface area contributed by atoms with Crippen molar-refractivity contribution in [1.29, 1.82) is 0 Å². The Morgan fingerprint density at radius 1 is 1.67 bits per heavy atom. The second kappa shape index (κ2) is 3.26. The highest BCUT2D eigenvalue weighted by Gasteiger charge is 2.36. The van der Waals surface area contributed by atoms with E-state index < -0.39 is 18.4 Å². The second-order valence-corrected chi connectivity index (χ2v) is 3.12. The van der Waals surface area contributed by atoms with Crippen molar-refractivity contribution in [2.75, 3.05) is 19.7 Å². The SMILES string of the molecule is O=C(O)N1CCC[C@](F)(CO)C1. The molecule has 0 aromatic heterocycles. The Morgan fingerprint density at radius 2 is 2.33 bits per heavy atom. The molecule has 4 nitrogen and oxygen atoms in total. The van der Waals surface area contributed by atoms with Gasteiger partial charge in [-0.2, -0.15) is 0 Å². The zero-order valence-electron chi connectivity index (χ0n) is 6.66. The van der Waals surface area contributed by atoms with Crippen molar-refractivity contribution in [3.8, 4) is 0 Å². The molecule has 0 radical (unpaired) electrons. The summed E-state index contributed by atoms with van der Waals surface area (Å²) in [6.07, 6.45) is -0.401. The van der Waals surface area contributed by atoms with Crippen LogP contribution in [0.3, 0.4) is 0 Å². The monoisotopic (exact) mass is 177 g/mol. The molecule has 1 rings (SSSR count). The maximum atomic E-state index is 13.4. The topological polar surface area (TPSA) is 60.8 Å². The molecule has 5 heteroatoms. The first-order chi connectivity index (χ1) is 5.57. The lowest BCUT2D eigenvalue weighted by Crippen LogP contribution is -2.49. The molecular formula is C7H12FNO3. The third-order valence-electron chi connectivity index (χ3n) is 2.08. The average molecular weight is 177 g/mol. The fourth-order valence-electron chi connectivity index (χ4n) is 1.38. The summed E-state index contributed by atoms with van der Waals surface area (Å²) >= 11 is 0. The summed E-state index contributed by atoms with van der Waals surface area (Å²) in [6.45, 7) is -0.448. The highest BCUT2D eigenvalue weighted by molar-refractivity contribution is 5.65. The molecule has 0 unspecified atom stereocenters. The van der Waals surface area contributed by atoms with Crippen LogP contribution < -0.4 is 0 Å². The molecule has 0 bridgehead atoms. The Kier molecular flexibility index (Phi) is 2.52. The number of aliphatic hydroxyl groups excluding tert-OH is 1. The first-order valence-corrected chi connectivity index (χ1v) is 3.85. The number of rotatable bonds is 1. The average Bonchev–Trinajstić information content (AvgIpc) is 2.05. The molecule has 2 N–H and O–H groups in total. The van der Waals surface area contributed by atoms with E-state index >= 15 is 0 Å². The minimum Gasteiger partial charge on any atom is -0.465 e. The van der Waals surface area contributed by atoms with Crippen LogP contribution in [-0.2, 0) is 0 Å². The fraction of sp³-hybridized carbons (Fsp3) is 0.857. The number of carbonyl (C=O) groups is 1. The third kappa shape index (κ3) is 1.85. The molecule has 1 amide bonds. The Hall–Kier alpha value is -0.840. The van der Waals surface area contributed by atoms with E-state index in [1.807, 2.05) is 0 Å². The van der Waals surface area contributed by atoms with Crippen molar-refractivity contribution in [3.63, 3.8) is 0 Å². The summed E-state index contributed by atoms with van der Waals surface area (Å²) in [7, 11) is 0. The Morgan fingerprint density at radius 3 is 2.83 bits per heavy atom. The lowest BCUT2D eigenvalue weighted by Gasteiger charge is -2.34. The zero-order valence-corrected chi connectivity index (χ0v) is 6.66. The number of nitrogens with zero attached hydrogens (tertiary/aromatic N) is 1. The molecule has 1 fully saturated rings. The zero-order chi connectivity index (χ0) is 9.19. The number of hydrogen-bond acceptors (Lipinski definition) is 2. The van der Waals surface area contributed by atoms with Crippen molar-refractivity contribution in [2.45, 2.75) is 18.5 Å². The number of carboxylic acid groups (broad SMARTS) is 1. The summed E-state index contributed by atoms with van der Waals surface area (Å²) in [5.41, 5.74) is -1.73. The molecule has 12 heavy (non-hydrogen) atoms. The van der Waals surface area contributed by atoms with Gasteiger partial charge in [0.2, 0.25) is 0 Å². The van der Waals surface area contributed by atoms with Crippen LogP contribution in [0.1, 0.15) is 12.8 Å². The van der Waals surface area contributed by atoms with E-state index in [0.29, 0.717) is 13.0 Å². The molecule has 70 valence electrons. The smallest absolute Gasteiger partial charge is 0.407 e. The van der Waals surface area contributed by atoms with Gasteiger partial charge in [-0.15, -0.1) is 0 Å². The molecule has 1 aliphatic rings. The van der Waals surface area contributed by atoms with Crippen LogP contribution in [0.25, 0.3) is 0 Å². The summed E-state index contributed by atoms with van der Waals surface area (Å²) in [6, 6.07) is 0. The molecule has 1 heterocycles. The van der Waals surface area contributed by atoms with Crippen molar-refractivity contribution in [3.05, 3.63) is 0 Å². The van der Waals surface area contributed by atoms with E-state index in [0.717, 1.165) is 4.90 Å². The molecule has 0 saturated carbocycles. The molecule has 0 aromatic carbocycles. The highest BCUT2D eigenvalue weighted by atomic mass is 19.1. The minimum atomic E-state index is -1.73. The van der Waals surface area contributed by atoms with Crippen LogP contribution in [0.15, 0.2) is 0 Å². The van der Waals surface area contributed by atoms with Crippen molar-refractivity contribution >= 4 is 6.09 Å². The van der Waals surface area contributed by atoms with E-state index in [1.165, 1.54) is 0 Å². The molecule has 1 saturated heterocycles. The van der Waals surface area contributed by atoms with Crippen molar-refractivity contribution < 1.29 is 19.4 Å². The quantitative estimate of drug-likeness (QED) is 0.611. The Bertz CT molecular complexity index is 187. The largest absolute Gasteiger partial charge is 0.465 e. The van der Waals surface area contributed by atoms with Gasteiger partial charge in [-0.05, 0) is 12.8 Å². The Balaban J connectivity index is 2.57. The first-order valence-electron chi connectivity index (χ1n) is 3.85. The van der Waals surface area contributed by atoms with Crippen LogP contribution in [0, 0.1) is 0 Å². The van der Waals surface area contributed by atoms with Gasteiger partial charge in [0.1, 0.15) is 0 Å². The van der Waals surface area contributed by atoms with E-state index in [1.54, 1.807) is 0 Å². The lowest BCUT2D eigenvalue weighted by atomic mass is 9.96. The van der Waals surface area contributed by atoms with Crippen molar-refractivity contribution in [2.24, 2.45) is 0 Å². The highest BCUT2D eigenvalue weighted by Crippen LogP contribution is 2.24. The van der Waals surface area contributed by atoms with Crippen LogP contribution in [-0.4, -0.2) is 46.6 Å². The predicted molar refractivity (Wildman–Crippen MR) is 39.8 cm³/mol. The van der Waals surface area contributed by atoms with E-state index in [4.69, 9.17) is 10.2 Å². The van der Waals surface area contributed by atoms with Gasteiger partial charge >= 0.3 is 6.09 Å². The molecule has 0 aromatic rings. The number of halogens is 1. The molecule has 1 atom stereocenters. The van der Waals surface area contributed by atoms with Gasteiger partial charge in [0.15, 0.2) is 5.67 Å². The Labute approximate surface area is 69.6 Å². The van der Waals surface area contributed by atoms with Gasteiger partial charge in [0.05, 0.1) is 13.2 Å². The summed E-state index contributed by atoms with van der Waals surface area (Å²) < 4.78 is 13.4. The van der Waals surface area contributed by atoms with E-state index in [2.05, 4.69) is 0 Å². The first kappa shape index (κ1) is 9.25. The number of likely N-dealkylation sites (tertiary alicyclic amines) is 1. The van der Waals surface area contributed by atoms with Gasteiger partial charge in [0, 0.05) is 6.54 Å². The maximum absolute atomic E-state index is 13.4. The van der Waals surface area contributed by atoms with E-state index in [-0.39, 0.29) is 13.0 Å². The lowest BCUT2D eigenvalue weighted by molar-refractivity contribution is 0.00341. The molecule has 1 aliphatic heterocycles. The summed E-state index contributed by atoms with van der Waals surface area (Å²) in [4.78, 5) is 11.4.